The molecule has 0 saturated carbocycles. The maximum atomic E-state index is 13.6. The van der Waals surface area contributed by atoms with Crippen molar-refractivity contribution in [1.82, 2.24) is 10.2 Å². The highest BCUT2D eigenvalue weighted by atomic mass is 16.6. The van der Waals surface area contributed by atoms with E-state index in [2.05, 4.69) is 31.0 Å². The van der Waals surface area contributed by atoms with E-state index in [9.17, 15) is 9.59 Å². The Hall–Kier alpha value is -2.86. The van der Waals surface area contributed by atoms with Crippen LogP contribution in [0.25, 0.3) is 0 Å². The summed E-state index contributed by atoms with van der Waals surface area (Å²) in [6.07, 6.45) is 3.51. The standard InChI is InChI=1S/C32H46N2O4/c1-23(2)18-20-34-19-10-11-24(3)29(34)30(35)33-28(31(36)38-32(4,5)6)21-25-14-16-27(17-15-25)37-22-26-12-8-7-9-13-26/h7-9,12-17,23-24,28-29H,10-11,18-22H2,1-6H3,(H,33,35)/t24?,28-,29?/m0/s1. The molecule has 1 amide bonds. The molecule has 208 valence electrons. The minimum absolute atomic E-state index is 0.0837. The van der Waals surface area contributed by atoms with Crippen molar-refractivity contribution in [3.8, 4) is 5.75 Å². The minimum atomic E-state index is -0.765. The Bertz CT molecular complexity index is 1010. The second kappa shape index (κ2) is 13.8. The Balaban J connectivity index is 1.70. The van der Waals surface area contributed by atoms with Crippen molar-refractivity contribution >= 4 is 11.9 Å². The summed E-state index contributed by atoms with van der Waals surface area (Å²) in [5.41, 5.74) is 1.39. The van der Waals surface area contributed by atoms with E-state index in [4.69, 9.17) is 9.47 Å². The Morgan fingerprint density at radius 1 is 1.03 bits per heavy atom. The van der Waals surface area contributed by atoms with E-state index in [1.807, 2.05) is 75.4 Å². The largest absolute Gasteiger partial charge is 0.489 e. The lowest BCUT2D eigenvalue weighted by molar-refractivity contribution is -0.159. The lowest BCUT2D eigenvalue weighted by Crippen LogP contribution is -2.57. The Morgan fingerprint density at radius 2 is 1.71 bits per heavy atom. The molecule has 2 unspecified atom stereocenters. The van der Waals surface area contributed by atoms with Crippen LogP contribution in [0, 0.1) is 11.8 Å². The second-order valence-corrected chi connectivity index (χ2v) is 12.0. The highest BCUT2D eigenvalue weighted by molar-refractivity contribution is 5.88. The third-order valence-corrected chi connectivity index (χ3v) is 6.92. The molecule has 2 aromatic carbocycles. The van der Waals surface area contributed by atoms with E-state index >= 15 is 0 Å². The predicted octanol–water partition coefficient (Wildman–Crippen LogP) is 5.78. The van der Waals surface area contributed by atoms with Gasteiger partial charge < -0.3 is 14.8 Å². The second-order valence-electron chi connectivity index (χ2n) is 12.0. The van der Waals surface area contributed by atoms with Crippen molar-refractivity contribution in [2.24, 2.45) is 11.8 Å². The fourth-order valence-electron chi connectivity index (χ4n) is 4.89. The molecule has 1 N–H and O–H groups in total. The molecule has 1 aliphatic heterocycles. The number of hydrogen-bond acceptors (Lipinski definition) is 5. The van der Waals surface area contributed by atoms with E-state index in [0.717, 1.165) is 49.2 Å². The van der Waals surface area contributed by atoms with Crippen molar-refractivity contribution < 1.29 is 19.1 Å². The van der Waals surface area contributed by atoms with Gasteiger partial charge in [-0.15, -0.1) is 0 Å². The summed E-state index contributed by atoms with van der Waals surface area (Å²) in [5, 5.41) is 3.08. The third kappa shape index (κ3) is 9.46. The van der Waals surface area contributed by atoms with Gasteiger partial charge in [-0.05, 0) is 88.2 Å². The first-order valence-corrected chi connectivity index (χ1v) is 14.0. The molecule has 6 nitrogen and oxygen atoms in total. The van der Waals surface area contributed by atoms with Crippen LogP contribution in [-0.2, 0) is 27.4 Å². The van der Waals surface area contributed by atoms with Gasteiger partial charge in [0.05, 0.1) is 6.04 Å². The molecule has 1 aliphatic rings. The van der Waals surface area contributed by atoms with Crippen LogP contribution in [0.2, 0.25) is 0 Å². The molecule has 1 heterocycles. The molecular formula is C32H46N2O4. The first-order chi connectivity index (χ1) is 18.0. The summed E-state index contributed by atoms with van der Waals surface area (Å²) in [4.78, 5) is 29.1. The predicted molar refractivity (Wildman–Crippen MR) is 152 cm³/mol. The average Bonchev–Trinajstić information content (AvgIpc) is 2.86. The van der Waals surface area contributed by atoms with E-state index < -0.39 is 17.6 Å². The van der Waals surface area contributed by atoms with Crippen molar-refractivity contribution in [3.05, 3.63) is 65.7 Å². The number of hydrogen-bond donors (Lipinski definition) is 1. The number of benzene rings is 2. The first kappa shape index (κ1) is 29.7. The van der Waals surface area contributed by atoms with E-state index in [1.54, 1.807) is 0 Å². The normalized spacial score (nSPS) is 19.1. The fourth-order valence-corrected chi connectivity index (χ4v) is 4.89. The highest BCUT2D eigenvalue weighted by Crippen LogP contribution is 2.25. The third-order valence-electron chi connectivity index (χ3n) is 6.92. The SMILES string of the molecule is CC(C)CCN1CCCC(C)C1C(=O)N[C@@H](Cc1ccc(OCc2ccccc2)cc1)C(=O)OC(C)(C)C. The zero-order valence-electron chi connectivity index (χ0n) is 24.0. The first-order valence-electron chi connectivity index (χ1n) is 14.0. The van der Waals surface area contributed by atoms with Gasteiger partial charge in [-0.3, -0.25) is 9.69 Å². The van der Waals surface area contributed by atoms with Gasteiger partial charge in [0.2, 0.25) is 5.91 Å². The van der Waals surface area contributed by atoms with Gasteiger partial charge in [0, 0.05) is 6.42 Å². The van der Waals surface area contributed by atoms with Crippen molar-refractivity contribution in [2.45, 2.75) is 91.5 Å². The summed E-state index contributed by atoms with van der Waals surface area (Å²) in [7, 11) is 0. The van der Waals surface area contributed by atoms with Crippen LogP contribution in [0.5, 0.6) is 5.75 Å². The number of carbonyl (C=O) groups excluding carboxylic acids is 2. The van der Waals surface area contributed by atoms with Crippen molar-refractivity contribution in [2.75, 3.05) is 13.1 Å². The molecule has 0 spiro atoms. The van der Waals surface area contributed by atoms with Gasteiger partial charge in [-0.2, -0.15) is 0 Å². The van der Waals surface area contributed by atoms with Gasteiger partial charge in [0.1, 0.15) is 24.0 Å². The number of piperidine rings is 1. The number of likely N-dealkylation sites (tertiary alicyclic amines) is 1. The molecule has 6 heteroatoms. The van der Waals surface area contributed by atoms with Crippen LogP contribution >= 0.6 is 0 Å². The molecule has 0 bridgehead atoms. The maximum Gasteiger partial charge on any atom is 0.329 e. The number of esters is 1. The molecular weight excluding hydrogens is 476 g/mol. The fraction of sp³-hybridized carbons (Fsp3) is 0.562. The summed E-state index contributed by atoms with van der Waals surface area (Å²) in [5.74, 6) is 1.07. The van der Waals surface area contributed by atoms with Crippen LogP contribution in [0.4, 0.5) is 0 Å². The molecule has 38 heavy (non-hydrogen) atoms. The average molecular weight is 523 g/mol. The van der Waals surface area contributed by atoms with Gasteiger partial charge >= 0.3 is 5.97 Å². The van der Waals surface area contributed by atoms with Gasteiger partial charge in [0.15, 0.2) is 0 Å². The van der Waals surface area contributed by atoms with Gasteiger partial charge in [-0.1, -0.05) is 63.2 Å². The van der Waals surface area contributed by atoms with Gasteiger partial charge in [-0.25, -0.2) is 4.79 Å². The molecule has 0 aromatic heterocycles. The zero-order chi connectivity index (χ0) is 27.7. The molecule has 2 aromatic rings. The zero-order valence-corrected chi connectivity index (χ0v) is 24.0. The maximum absolute atomic E-state index is 13.6. The van der Waals surface area contributed by atoms with E-state index in [-0.39, 0.29) is 17.9 Å². The number of nitrogens with one attached hydrogen (secondary N) is 1. The molecule has 0 aliphatic carbocycles. The Labute approximate surface area is 229 Å². The minimum Gasteiger partial charge on any atom is -0.489 e. The van der Waals surface area contributed by atoms with Crippen LogP contribution in [0.1, 0.15) is 71.9 Å². The lowest BCUT2D eigenvalue weighted by Gasteiger charge is -2.40. The lowest BCUT2D eigenvalue weighted by atomic mass is 9.89. The summed E-state index contributed by atoms with van der Waals surface area (Å²) in [6, 6.07) is 16.7. The van der Waals surface area contributed by atoms with Crippen molar-refractivity contribution in [1.29, 1.82) is 0 Å². The van der Waals surface area contributed by atoms with Crippen molar-refractivity contribution in [3.63, 3.8) is 0 Å². The van der Waals surface area contributed by atoms with Gasteiger partial charge in [0.25, 0.3) is 0 Å². The monoisotopic (exact) mass is 522 g/mol. The number of amides is 1. The molecule has 1 fully saturated rings. The van der Waals surface area contributed by atoms with Crippen LogP contribution < -0.4 is 10.1 Å². The quantitative estimate of drug-likeness (QED) is 0.379. The smallest absolute Gasteiger partial charge is 0.329 e. The highest BCUT2D eigenvalue weighted by Gasteiger charge is 2.36. The Morgan fingerprint density at radius 3 is 2.34 bits per heavy atom. The number of nitrogens with zero attached hydrogens (tertiary/aromatic N) is 1. The topological polar surface area (TPSA) is 67.9 Å². The summed E-state index contributed by atoms with van der Waals surface area (Å²) >= 11 is 0. The van der Waals surface area contributed by atoms with Crippen LogP contribution in [-0.4, -0.2) is 47.6 Å². The number of carbonyl (C=O) groups is 2. The summed E-state index contributed by atoms with van der Waals surface area (Å²) in [6.45, 7) is 14.4. The number of ether oxygens (including phenoxy) is 2. The molecule has 3 atom stereocenters. The Kier molecular flexibility index (Phi) is 10.8. The van der Waals surface area contributed by atoms with E-state index in [0.29, 0.717) is 18.9 Å². The molecule has 0 radical (unpaired) electrons. The summed E-state index contributed by atoms with van der Waals surface area (Å²) < 4.78 is 11.6. The van der Waals surface area contributed by atoms with Crippen LogP contribution in [0.15, 0.2) is 54.6 Å². The number of rotatable bonds is 11. The van der Waals surface area contributed by atoms with Crippen LogP contribution in [0.3, 0.4) is 0 Å². The molecule has 1 saturated heterocycles. The van der Waals surface area contributed by atoms with E-state index in [1.165, 1.54) is 0 Å². The molecule has 3 rings (SSSR count).